The maximum absolute atomic E-state index is 14.0. The lowest BCUT2D eigenvalue weighted by Gasteiger charge is -2.32. The number of carbonyl (C=O) groups is 2. The fraction of sp³-hybridized carbons (Fsp3) is 0.333. The number of rotatable bonds is 6. The Morgan fingerprint density at radius 3 is 2.43 bits per heavy atom. The Bertz CT molecular complexity index is 940. The maximum Gasteiger partial charge on any atom is 0.272 e. The molecular weight excluding hydrogens is 393 g/mol. The van der Waals surface area contributed by atoms with E-state index < -0.39 is 22.3 Å². The number of benzene rings is 2. The summed E-state index contributed by atoms with van der Waals surface area (Å²) in [4.78, 5) is 36.6. The molecule has 1 N–H and O–H groups in total. The van der Waals surface area contributed by atoms with E-state index in [0.29, 0.717) is 43.9 Å². The van der Waals surface area contributed by atoms with E-state index in [-0.39, 0.29) is 17.5 Å². The molecule has 0 saturated carbocycles. The normalized spacial score (nSPS) is 14.3. The highest BCUT2D eigenvalue weighted by Gasteiger charge is 2.26. The molecule has 9 heteroatoms. The van der Waals surface area contributed by atoms with E-state index in [1.165, 1.54) is 0 Å². The minimum Gasteiger partial charge on any atom is -0.494 e. The zero-order valence-corrected chi connectivity index (χ0v) is 16.5. The summed E-state index contributed by atoms with van der Waals surface area (Å²) >= 11 is 0. The number of nitrogens with one attached hydrogen (secondary N) is 1. The highest BCUT2D eigenvalue weighted by atomic mass is 19.1. The number of piperidine rings is 1. The number of nitro groups is 1. The average Bonchev–Trinajstić information content (AvgIpc) is 2.74. The van der Waals surface area contributed by atoms with Gasteiger partial charge in [-0.2, -0.15) is 0 Å². The first-order valence-corrected chi connectivity index (χ1v) is 9.66. The van der Waals surface area contributed by atoms with Crippen molar-refractivity contribution in [3.63, 3.8) is 0 Å². The summed E-state index contributed by atoms with van der Waals surface area (Å²) < 4.78 is 19.4. The predicted molar refractivity (Wildman–Crippen MR) is 107 cm³/mol. The van der Waals surface area contributed by atoms with Gasteiger partial charge in [0, 0.05) is 30.8 Å². The molecule has 0 unspecified atom stereocenters. The van der Waals surface area contributed by atoms with Crippen LogP contribution in [0.25, 0.3) is 0 Å². The molecule has 0 aromatic heterocycles. The molecule has 1 saturated heterocycles. The van der Waals surface area contributed by atoms with Gasteiger partial charge in [0.05, 0.1) is 23.2 Å². The molecule has 0 bridgehead atoms. The maximum atomic E-state index is 14.0. The van der Waals surface area contributed by atoms with Gasteiger partial charge in [0.25, 0.3) is 17.5 Å². The lowest BCUT2D eigenvalue weighted by Crippen LogP contribution is -2.46. The smallest absolute Gasteiger partial charge is 0.272 e. The van der Waals surface area contributed by atoms with Gasteiger partial charge in [0.1, 0.15) is 11.6 Å². The summed E-state index contributed by atoms with van der Waals surface area (Å²) in [6, 6.07) is 9.66. The molecule has 0 spiro atoms. The summed E-state index contributed by atoms with van der Waals surface area (Å²) in [5, 5.41) is 13.4. The van der Waals surface area contributed by atoms with Gasteiger partial charge >= 0.3 is 0 Å². The van der Waals surface area contributed by atoms with Gasteiger partial charge in [0.2, 0.25) is 0 Å². The van der Waals surface area contributed by atoms with Gasteiger partial charge in [-0.25, -0.2) is 4.39 Å². The summed E-state index contributed by atoms with van der Waals surface area (Å²) in [5.74, 6) is -0.957. The molecule has 1 heterocycles. The van der Waals surface area contributed by atoms with E-state index in [1.807, 2.05) is 6.92 Å². The summed E-state index contributed by atoms with van der Waals surface area (Å²) in [7, 11) is 0. The molecular formula is C21H22FN3O5. The average molecular weight is 415 g/mol. The minimum absolute atomic E-state index is 0.0933. The number of hydrogen-bond donors (Lipinski definition) is 1. The number of ether oxygens (including phenoxy) is 1. The van der Waals surface area contributed by atoms with E-state index >= 15 is 0 Å². The molecule has 2 aromatic carbocycles. The fourth-order valence-corrected chi connectivity index (χ4v) is 3.33. The topological polar surface area (TPSA) is 102 Å². The third kappa shape index (κ3) is 4.91. The second kappa shape index (κ2) is 9.34. The highest BCUT2D eigenvalue weighted by molar-refractivity contribution is 5.95. The number of non-ortho nitro benzene ring substituents is 1. The standard InChI is InChI=1S/C21H22FN3O5/c1-2-30-17-6-3-14(4-7-17)21(27)24-11-9-15(10-12-24)23-20(26)18-8-5-16(25(28)29)13-19(18)22/h3-8,13,15H,2,9-12H2,1H3,(H,23,26). The van der Waals surface area contributed by atoms with Crippen molar-refractivity contribution in [2.45, 2.75) is 25.8 Å². The molecule has 3 rings (SSSR count). The van der Waals surface area contributed by atoms with Crippen LogP contribution in [-0.2, 0) is 0 Å². The van der Waals surface area contributed by atoms with Crippen LogP contribution in [0.5, 0.6) is 5.75 Å². The largest absolute Gasteiger partial charge is 0.494 e. The quantitative estimate of drug-likeness (QED) is 0.577. The lowest BCUT2D eigenvalue weighted by atomic mass is 10.0. The van der Waals surface area contributed by atoms with Crippen molar-refractivity contribution in [2.75, 3.05) is 19.7 Å². The SMILES string of the molecule is CCOc1ccc(C(=O)N2CCC(NC(=O)c3ccc([N+](=O)[O-])cc3F)CC2)cc1. The molecule has 0 atom stereocenters. The van der Waals surface area contributed by atoms with E-state index in [0.717, 1.165) is 18.2 Å². The van der Waals surface area contributed by atoms with Crippen molar-refractivity contribution in [1.29, 1.82) is 0 Å². The first-order chi connectivity index (χ1) is 14.4. The van der Waals surface area contributed by atoms with Gasteiger partial charge in [-0.3, -0.25) is 19.7 Å². The van der Waals surface area contributed by atoms with Gasteiger partial charge < -0.3 is 15.0 Å². The van der Waals surface area contributed by atoms with Gasteiger partial charge in [0.15, 0.2) is 0 Å². The summed E-state index contributed by atoms with van der Waals surface area (Å²) in [5.41, 5.74) is -0.0902. The molecule has 0 radical (unpaired) electrons. The third-order valence-electron chi connectivity index (χ3n) is 4.94. The Balaban J connectivity index is 1.54. The summed E-state index contributed by atoms with van der Waals surface area (Å²) in [6.07, 6.45) is 1.06. The number of halogens is 1. The van der Waals surface area contributed by atoms with Crippen LogP contribution in [-0.4, -0.2) is 47.4 Å². The Labute approximate surface area is 172 Å². The van der Waals surface area contributed by atoms with Gasteiger partial charge in [-0.1, -0.05) is 0 Å². The Kier molecular flexibility index (Phi) is 6.61. The van der Waals surface area contributed by atoms with E-state index in [2.05, 4.69) is 5.32 Å². The monoisotopic (exact) mass is 415 g/mol. The molecule has 8 nitrogen and oxygen atoms in total. The predicted octanol–water partition coefficient (Wildman–Crippen LogP) is 3.17. The summed E-state index contributed by atoms with van der Waals surface area (Å²) in [6.45, 7) is 3.35. The molecule has 1 fully saturated rings. The number of carbonyl (C=O) groups excluding carboxylic acids is 2. The highest BCUT2D eigenvalue weighted by Crippen LogP contribution is 2.19. The van der Waals surface area contributed by atoms with Crippen LogP contribution in [0.2, 0.25) is 0 Å². The number of amides is 2. The Morgan fingerprint density at radius 1 is 1.20 bits per heavy atom. The number of likely N-dealkylation sites (tertiary alicyclic amines) is 1. The molecule has 1 aliphatic rings. The van der Waals surface area contributed by atoms with Crippen LogP contribution in [0.3, 0.4) is 0 Å². The molecule has 158 valence electrons. The molecule has 1 aliphatic heterocycles. The lowest BCUT2D eigenvalue weighted by molar-refractivity contribution is -0.385. The van der Waals surface area contributed by atoms with Crippen LogP contribution in [0.1, 0.15) is 40.5 Å². The van der Waals surface area contributed by atoms with Crippen LogP contribution >= 0.6 is 0 Å². The second-order valence-electron chi connectivity index (χ2n) is 6.92. The van der Waals surface area contributed by atoms with Crippen LogP contribution < -0.4 is 10.1 Å². The van der Waals surface area contributed by atoms with Gasteiger partial charge in [-0.15, -0.1) is 0 Å². The zero-order chi connectivity index (χ0) is 21.7. The van der Waals surface area contributed by atoms with E-state index in [9.17, 15) is 24.1 Å². The van der Waals surface area contributed by atoms with E-state index in [1.54, 1.807) is 29.2 Å². The van der Waals surface area contributed by atoms with E-state index in [4.69, 9.17) is 4.74 Å². The fourth-order valence-electron chi connectivity index (χ4n) is 3.33. The van der Waals surface area contributed by atoms with Crippen molar-refractivity contribution in [3.8, 4) is 5.75 Å². The van der Waals surface area contributed by atoms with Crippen molar-refractivity contribution in [1.82, 2.24) is 10.2 Å². The van der Waals surface area contributed by atoms with Crippen molar-refractivity contribution < 1.29 is 23.6 Å². The molecule has 2 aromatic rings. The number of hydrogen-bond acceptors (Lipinski definition) is 5. The first kappa shape index (κ1) is 21.2. The third-order valence-corrected chi connectivity index (χ3v) is 4.94. The van der Waals surface area contributed by atoms with Crippen molar-refractivity contribution in [3.05, 3.63) is 69.5 Å². The first-order valence-electron chi connectivity index (χ1n) is 9.66. The second-order valence-corrected chi connectivity index (χ2v) is 6.92. The Hall–Kier alpha value is -3.49. The Morgan fingerprint density at radius 2 is 1.87 bits per heavy atom. The molecule has 0 aliphatic carbocycles. The van der Waals surface area contributed by atoms with Gasteiger partial charge in [-0.05, 0) is 50.1 Å². The molecule has 2 amide bonds. The minimum atomic E-state index is -0.940. The number of nitrogens with zero attached hydrogens (tertiary/aromatic N) is 2. The van der Waals surface area contributed by atoms with Crippen molar-refractivity contribution in [2.24, 2.45) is 0 Å². The van der Waals surface area contributed by atoms with Crippen LogP contribution in [0, 0.1) is 15.9 Å². The van der Waals surface area contributed by atoms with Crippen molar-refractivity contribution >= 4 is 17.5 Å². The van der Waals surface area contributed by atoms with Crippen LogP contribution in [0.4, 0.5) is 10.1 Å². The number of nitro benzene ring substituents is 1. The zero-order valence-electron chi connectivity index (χ0n) is 16.5. The molecule has 30 heavy (non-hydrogen) atoms. The van der Waals surface area contributed by atoms with Crippen LogP contribution in [0.15, 0.2) is 42.5 Å².